The van der Waals surface area contributed by atoms with Gasteiger partial charge < -0.3 is 5.32 Å². The first kappa shape index (κ1) is 12.9. The van der Waals surface area contributed by atoms with Crippen LogP contribution in [0.4, 0.5) is 13.2 Å². The zero-order valence-corrected chi connectivity index (χ0v) is 9.11. The first-order valence-electron chi connectivity index (χ1n) is 4.51. The Kier molecular flexibility index (Phi) is 4.23. The van der Waals surface area contributed by atoms with Crippen molar-refractivity contribution in [1.82, 2.24) is 5.32 Å². The van der Waals surface area contributed by atoms with Crippen molar-refractivity contribution < 1.29 is 18.0 Å². The molecule has 0 spiro atoms. The Morgan fingerprint density at radius 1 is 1.25 bits per heavy atom. The van der Waals surface area contributed by atoms with Gasteiger partial charge in [0.15, 0.2) is 0 Å². The van der Waals surface area contributed by atoms with E-state index in [1.165, 1.54) is 0 Å². The highest BCUT2D eigenvalue weighted by Gasteiger charge is 2.30. The summed E-state index contributed by atoms with van der Waals surface area (Å²) in [6.45, 7) is 0.378. The average Bonchev–Trinajstić information content (AvgIpc) is 2.25. The predicted octanol–water partition coefficient (Wildman–Crippen LogP) is 2.37. The Hall–Kier alpha value is -1.17. The van der Waals surface area contributed by atoms with Crippen molar-refractivity contribution in [2.24, 2.45) is 0 Å². The van der Waals surface area contributed by atoms with Crippen molar-refractivity contribution in [3.63, 3.8) is 0 Å². The molecule has 0 aliphatic heterocycles. The van der Waals surface area contributed by atoms with E-state index in [-0.39, 0.29) is 5.56 Å². The van der Waals surface area contributed by atoms with Crippen LogP contribution in [-0.4, -0.2) is 18.2 Å². The lowest BCUT2D eigenvalue weighted by molar-refractivity contribution is -0.137. The fourth-order valence-electron chi connectivity index (χ4n) is 1.08. The summed E-state index contributed by atoms with van der Waals surface area (Å²) in [5.41, 5.74) is -0.562. The SMILES string of the molecule is O=C(NCCS)c1ccc(C(F)(F)F)cc1. The Bertz CT molecular complexity index is 361. The predicted molar refractivity (Wildman–Crippen MR) is 57.6 cm³/mol. The second kappa shape index (κ2) is 5.25. The van der Waals surface area contributed by atoms with Crippen molar-refractivity contribution in [3.05, 3.63) is 35.4 Å². The fraction of sp³-hybridized carbons (Fsp3) is 0.300. The Morgan fingerprint density at radius 2 is 1.81 bits per heavy atom. The molecule has 16 heavy (non-hydrogen) atoms. The molecule has 0 heterocycles. The van der Waals surface area contributed by atoms with Gasteiger partial charge in [-0.25, -0.2) is 0 Å². The number of hydrogen-bond donors (Lipinski definition) is 2. The molecule has 6 heteroatoms. The van der Waals surface area contributed by atoms with Crippen LogP contribution in [0.1, 0.15) is 15.9 Å². The monoisotopic (exact) mass is 249 g/mol. The molecule has 0 aliphatic rings. The maximum Gasteiger partial charge on any atom is 0.416 e. The zero-order chi connectivity index (χ0) is 12.2. The molecule has 1 amide bonds. The van der Waals surface area contributed by atoms with Crippen LogP contribution in [0.5, 0.6) is 0 Å². The molecular formula is C10H10F3NOS. The number of hydrogen-bond acceptors (Lipinski definition) is 2. The van der Waals surface area contributed by atoms with E-state index in [2.05, 4.69) is 17.9 Å². The number of halogens is 3. The molecule has 0 aromatic heterocycles. The normalized spacial score (nSPS) is 11.2. The third kappa shape index (κ3) is 3.44. The van der Waals surface area contributed by atoms with Gasteiger partial charge in [0, 0.05) is 17.9 Å². The van der Waals surface area contributed by atoms with E-state index in [4.69, 9.17) is 0 Å². The van der Waals surface area contributed by atoms with Crippen molar-refractivity contribution in [1.29, 1.82) is 0 Å². The third-order valence-corrected chi connectivity index (χ3v) is 2.10. The van der Waals surface area contributed by atoms with Crippen molar-refractivity contribution in [3.8, 4) is 0 Å². The second-order valence-corrected chi connectivity index (χ2v) is 3.50. The third-order valence-electron chi connectivity index (χ3n) is 1.87. The molecule has 0 unspecified atom stereocenters. The topological polar surface area (TPSA) is 29.1 Å². The molecule has 0 bridgehead atoms. The summed E-state index contributed by atoms with van der Waals surface area (Å²) >= 11 is 3.90. The maximum atomic E-state index is 12.2. The van der Waals surface area contributed by atoms with Crippen LogP contribution in [0.2, 0.25) is 0 Å². The fourth-order valence-corrected chi connectivity index (χ4v) is 1.19. The minimum absolute atomic E-state index is 0.204. The number of rotatable bonds is 3. The van der Waals surface area contributed by atoms with E-state index >= 15 is 0 Å². The lowest BCUT2D eigenvalue weighted by Gasteiger charge is -2.07. The lowest BCUT2D eigenvalue weighted by atomic mass is 10.1. The number of amides is 1. The molecule has 1 aromatic rings. The van der Waals surface area contributed by atoms with Crippen LogP contribution in [-0.2, 0) is 6.18 Å². The number of carbonyl (C=O) groups is 1. The lowest BCUT2D eigenvalue weighted by Crippen LogP contribution is -2.25. The molecular weight excluding hydrogens is 239 g/mol. The number of alkyl halides is 3. The molecule has 0 saturated heterocycles. The summed E-state index contributed by atoms with van der Waals surface area (Å²) in [4.78, 5) is 11.3. The number of thiol groups is 1. The van der Waals surface area contributed by atoms with Gasteiger partial charge in [-0.3, -0.25) is 4.79 Å². The number of nitrogens with one attached hydrogen (secondary N) is 1. The molecule has 0 radical (unpaired) electrons. The van der Waals surface area contributed by atoms with Crippen molar-refractivity contribution >= 4 is 18.5 Å². The number of benzene rings is 1. The van der Waals surface area contributed by atoms with Crippen molar-refractivity contribution in [2.45, 2.75) is 6.18 Å². The van der Waals surface area contributed by atoms with E-state index in [1.807, 2.05) is 0 Å². The van der Waals surface area contributed by atoms with Gasteiger partial charge in [-0.2, -0.15) is 25.8 Å². The molecule has 0 aliphatic carbocycles. The van der Waals surface area contributed by atoms with Gasteiger partial charge in [0.2, 0.25) is 0 Å². The standard InChI is InChI=1S/C10H10F3NOS/c11-10(12,13)8-3-1-7(2-4-8)9(15)14-5-6-16/h1-4,16H,5-6H2,(H,14,15). The summed E-state index contributed by atoms with van der Waals surface area (Å²) in [5, 5.41) is 2.51. The second-order valence-electron chi connectivity index (χ2n) is 3.05. The van der Waals surface area contributed by atoms with Gasteiger partial charge in [0.1, 0.15) is 0 Å². The largest absolute Gasteiger partial charge is 0.416 e. The summed E-state index contributed by atoms with van der Waals surface area (Å²) in [5.74, 6) is 0.0783. The zero-order valence-electron chi connectivity index (χ0n) is 8.21. The summed E-state index contributed by atoms with van der Waals surface area (Å²) < 4.78 is 36.6. The Labute approximate surface area is 96.3 Å². The quantitative estimate of drug-likeness (QED) is 0.791. The van der Waals surface area contributed by atoms with E-state index in [9.17, 15) is 18.0 Å². The average molecular weight is 249 g/mol. The Balaban J connectivity index is 2.75. The molecule has 0 saturated carbocycles. The molecule has 1 aromatic carbocycles. The van der Waals surface area contributed by atoms with Crippen molar-refractivity contribution in [2.75, 3.05) is 12.3 Å². The van der Waals surface area contributed by atoms with E-state index < -0.39 is 17.6 Å². The summed E-state index contributed by atoms with van der Waals surface area (Å²) in [7, 11) is 0. The van der Waals surface area contributed by atoms with E-state index in [0.717, 1.165) is 24.3 Å². The molecule has 0 atom stereocenters. The van der Waals surface area contributed by atoms with Gasteiger partial charge >= 0.3 is 6.18 Å². The summed E-state index contributed by atoms with van der Waals surface area (Å²) in [6, 6.07) is 4.07. The minimum Gasteiger partial charge on any atom is -0.351 e. The Morgan fingerprint density at radius 3 is 2.25 bits per heavy atom. The molecule has 1 N–H and O–H groups in total. The first-order chi connectivity index (χ1) is 7.45. The summed E-state index contributed by atoms with van der Waals surface area (Å²) in [6.07, 6.45) is -4.37. The van der Waals surface area contributed by atoms with Crippen LogP contribution in [0, 0.1) is 0 Å². The van der Waals surface area contributed by atoms with Crippen LogP contribution < -0.4 is 5.32 Å². The van der Waals surface area contributed by atoms with Gasteiger partial charge in [-0.05, 0) is 24.3 Å². The highest BCUT2D eigenvalue weighted by atomic mass is 32.1. The highest BCUT2D eigenvalue weighted by Crippen LogP contribution is 2.28. The highest BCUT2D eigenvalue weighted by molar-refractivity contribution is 7.80. The smallest absolute Gasteiger partial charge is 0.351 e. The van der Waals surface area contributed by atoms with E-state index in [0.29, 0.717) is 12.3 Å². The van der Waals surface area contributed by atoms with Gasteiger partial charge in [0.25, 0.3) is 5.91 Å². The van der Waals surface area contributed by atoms with Crippen LogP contribution >= 0.6 is 12.6 Å². The number of carbonyl (C=O) groups excluding carboxylic acids is 1. The van der Waals surface area contributed by atoms with Gasteiger partial charge in [-0.15, -0.1) is 0 Å². The van der Waals surface area contributed by atoms with Gasteiger partial charge in [-0.1, -0.05) is 0 Å². The van der Waals surface area contributed by atoms with Crippen LogP contribution in [0.15, 0.2) is 24.3 Å². The maximum absolute atomic E-state index is 12.2. The van der Waals surface area contributed by atoms with E-state index in [1.54, 1.807) is 0 Å². The van der Waals surface area contributed by atoms with Gasteiger partial charge in [0.05, 0.1) is 5.56 Å². The molecule has 1 rings (SSSR count). The first-order valence-corrected chi connectivity index (χ1v) is 5.14. The molecule has 2 nitrogen and oxygen atoms in total. The molecule has 0 fully saturated rings. The minimum atomic E-state index is -4.37. The molecule has 88 valence electrons. The van der Waals surface area contributed by atoms with Crippen LogP contribution in [0.25, 0.3) is 0 Å². The van der Waals surface area contributed by atoms with Crippen LogP contribution in [0.3, 0.4) is 0 Å².